The van der Waals surface area contributed by atoms with Crippen LogP contribution in [0.5, 0.6) is 5.75 Å². The Balaban J connectivity index is 1.82. The second kappa shape index (κ2) is 5.79. The average molecular weight is 349 g/mol. The number of ether oxygens (including phenoxy) is 1. The van der Waals surface area contributed by atoms with Crippen molar-refractivity contribution in [3.05, 3.63) is 35.2 Å². The number of hydrogen-bond donors (Lipinski definition) is 0. The number of fused-ring (bicyclic) bond motifs is 1. The molecule has 0 saturated heterocycles. The summed E-state index contributed by atoms with van der Waals surface area (Å²) in [5.41, 5.74) is 0.933. The van der Waals surface area contributed by atoms with E-state index in [1.165, 1.54) is 18.0 Å². The molecule has 0 N–H and O–H groups in total. The molecule has 0 bridgehead atoms. The first-order valence-electron chi connectivity index (χ1n) is 7.42. The second-order valence-corrected chi connectivity index (χ2v) is 7.93. The van der Waals surface area contributed by atoms with Crippen molar-refractivity contribution in [3.8, 4) is 5.75 Å². The van der Waals surface area contributed by atoms with Gasteiger partial charge in [-0.25, -0.2) is 0 Å². The van der Waals surface area contributed by atoms with Gasteiger partial charge in [0, 0.05) is 10.8 Å². The Morgan fingerprint density at radius 3 is 2.91 bits per heavy atom. The monoisotopic (exact) mass is 349 g/mol. The molecule has 1 atom stereocenters. The standard InChI is InChI=1S/C16H15NO4S2/c1-22-12-5-4-10(15-16(12)23(19)7-6-20-15)13(18)11-8-17-21-14(11)9-2-3-9/h4-5,8-9H,2-3,6-7H2,1H3. The Hall–Kier alpha value is -1.60. The van der Waals surface area contributed by atoms with Crippen LogP contribution in [0.1, 0.15) is 40.4 Å². The van der Waals surface area contributed by atoms with Crippen LogP contribution in [0.2, 0.25) is 0 Å². The van der Waals surface area contributed by atoms with Gasteiger partial charge in [-0.1, -0.05) is 5.16 Å². The van der Waals surface area contributed by atoms with Gasteiger partial charge in [-0.2, -0.15) is 0 Å². The quantitative estimate of drug-likeness (QED) is 0.624. The molecular formula is C16H15NO4S2. The summed E-state index contributed by atoms with van der Waals surface area (Å²) in [6, 6.07) is 3.59. The summed E-state index contributed by atoms with van der Waals surface area (Å²) in [7, 11) is -1.14. The number of thioether (sulfide) groups is 1. The summed E-state index contributed by atoms with van der Waals surface area (Å²) >= 11 is 1.51. The van der Waals surface area contributed by atoms with Crippen molar-refractivity contribution in [1.82, 2.24) is 5.16 Å². The largest absolute Gasteiger partial charge is 0.491 e. The highest BCUT2D eigenvalue weighted by Crippen LogP contribution is 2.43. The van der Waals surface area contributed by atoms with Crippen LogP contribution in [-0.4, -0.2) is 33.8 Å². The smallest absolute Gasteiger partial charge is 0.202 e. The van der Waals surface area contributed by atoms with Crippen LogP contribution >= 0.6 is 11.8 Å². The maximum atomic E-state index is 13.0. The van der Waals surface area contributed by atoms with E-state index in [1.54, 1.807) is 6.07 Å². The van der Waals surface area contributed by atoms with Crippen LogP contribution in [0.25, 0.3) is 0 Å². The van der Waals surface area contributed by atoms with E-state index >= 15 is 0 Å². The van der Waals surface area contributed by atoms with Crippen molar-refractivity contribution in [1.29, 1.82) is 0 Å². The number of benzene rings is 1. The third-order valence-electron chi connectivity index (χ3n) is 4.07. The van der Waals surface area contributed by atoms with Crippen molar-refractivity contribution in [2.75, 3.05) is 18.6 Å². The summed E-state index contributed by atoms with van der Waals surface area (Å²) < 4.78 is 23.4. The van der Waals surface area contributed by atoms with Crippen molar-refractivity contribution < 1.29 is 18.3 Å². The predicted octanol–water partition coefficient (Wildman–Crippen LogP) is 3.00. The molecule has 1 saturated carbocycles. The van der Waals surface area contributed by atoms with Crippen LogP contribution in [0.4, 0.5) is 0 Å². The van der Waals surface area contributed by atoms with E-state index in [0.29, 0.717) is 45.8 Å². The Kier molecular flexibility index (Phi) is 3.77. The number of hydrogen-bond acceptors (Lipinski definition) is 6. The molecule has 7 heteroatoms. The fourth-order valence-electron chi connectivity index (χ4n) is 2.77. The van der Waals surface area contributed by atoms with Crippen molar-refractivity contribution in [2.45, 2.75) is 28.6 Å². The zero-order chi connectivity index (χ0) is 16.0. The number of aromatic nitrogens is 1. The number of rotatable bonds is 4. The van der Waals surface area contributed by atoms with Crippen LogP contribution in [0, 0.1) is 0 Å². The Morgan fingerprint density at radius 1 is 1.35 bits per heavy atom. The minimum absolute atomic E-state index is 0.170. The molecular weight excluding hydrogens is 334 g/mol. The van der Waals surface area contributed by atoms with Gasteiger partial charge in [-0.3, -0.25) is 9.00 Å². The molecule has 0 radical (unpaired) electrons. The summed E-state index contributed by atoms with van der Waals surface area (Å²) in [6.45, 7) is 0.358. The maximum absolute atomic E-state index is 13.0. The van der Waals surface area contributed by atoms with Gasteiger partial charge in [0.1, 0.15) is 12.4 Å². The van der Waals surface area contributed by atoms with E-state index in [1.807, 2.05) is 12.3 Å². The lowest BCUT2D eigenvalue weighted by atomic mass is 10.0. The fraction of sp³-hybridized carbons (Fsp3) is 0.375. The molecule has 23 heavy (non-hydrogen) atoms. The molecule has 2 aromatic rings. The summed E-state index contributed by atoms with van der Waals surface area (Å²) in [5, 5.41) is 3.79. The van der Waals surface area contributed by atoms with Crippen molar-refractivity contribution >= 4 is 28.3 Å². The van der Waals surface area contributed by atoms with Crippen LogP contribution in [0.15, 0.2) is 32.6 Å². The van der Waals surface area contributed by atoms with E-state index in [2.05, 4.69) is 5.16 Å². The van der Waals surface area contributed by atoms with Crippen LogP contribution in [0.3, 0.4) is 0 Å². The fourth-order valence-corrected chi connectivity index (χ4v) is 4.89. The molecule has 1 aliphatic carbocycles. The van der Waals surface area contributed by atoms with E-state index in [0.717, 1.165) is 17.7 Å². The van der Waals surface area contributed by atoms with E-state index < -0.39 is 10.8 Å². The highest BCUT2D eigenvalue weighted by molar-refractivity contribution is 7.99. The molecule has 0 spiro atoms. The van der Waals surface area contributed by atoms with E-state index in [-0.39, 0.29) is 5.78 Å². The second-order valence-electron chi connectivity index (χ2n) is 5.58. The minimum atomic E-state index is -1.14. The van der Waals surface area contributed by atoms with Crippen LogP contribution in [-0.2, 0) is 10.8 Å². The molecule has 1 aromatic carbocycles. The highest BCUT2D eigenvalue weighted by Gasteiger charge is 2.34. The van der Waals surface area contributed by atoms with Crippen molar-refractivity contribution in [2.24, 2.45) is 0 Å². The summed E-state index contributed by atoms with van der Waals surface area (Å²) in [4.78, 5) is 14.5. The molecule has 120 valence electrons. The molecule has 1 aliphatic heterocycles. The molecule has 2 aliphatic rings. The maximum Gasteiger partial charge on any atom is 0.202 e. The lowest BCUT2D eigenvalue weighted by Gasteiger charge is -2.21. The lowest BCUT2D eigenvalue weighted by molar-refractivity contribution is 0.103. The molecule has 5 nitrogen and oxygen atoms in total. The zero-order valence-corrected chi connectivity index (χ0v) is 14.2. The van der Waals surface area contributed by atoms with Crippen molar-refractivity contribution in [3.63, 3.8) is 0 Å². The van der Waals surface area contributed by atoms with Gasteiger partial charge in [0.25, 0.3) is 0 Å². The molecule has 2 heterocycles. The lowest BCUT2D eigenvalue weighted by Crippen LogP contribution is -2.20. The molecule has 1 fully saturated rings. The molecule has 1 unspecified atom stereocenters. The van der Waals surface area contributed by atoms with Crippen LogP contribution < -0.4 is 4.74 Å². The first-order chi connectivity index (χ1) is 11.2. The predicted molar refractivity (Wildman–Crippen MR) is 86.9 cm³/mol. The molecule has 1 aromatic heterocycles. The third-order valence-corrected chi connectivity index (χ3v) is 6.38. The Bertz CT molecular complexity index is 810. The topological polar surface area (TPSA) is 69.4 Å². The van der Waals surface area contributed by atoms with Gasteiger partial charge < -0.3 is 9.26 Å². The van der Waals surface area contributed by atoms with Gasteiger partial charge in [0.2, 0.25) is 5.78 Å². The van der Waals surface area contributed by atoms with Gasteiger partial charge in [-0.15, -0.1) is 11.8 Å². The number of ketones is 1. The Morgan fingerprint density at radius 2 is 2.17 bits per heavy atom. The molecule has 4 rings (SSSR count). The average Bonchev–Trinajstić information content (AvgIpc) is 3.30. The molecule has 0 amide bonds. The summed E-state index contributed by atoms with van der Waals surface area (Å²) in [5.74, 6) is 1.70. The van der Waals surface area contributed by atoms with Gasteiger partial charge in [0.15, 0.2) is 5.76 Å². The van der Waals surface area contributed by atoms with Gasteiger partial charge in [-0.05, 0) is 31.2 Å². The SMILES string of the molecule is CSc1ccc(C(=O)c2cnoc2C2CC2)c2c1S(=O)CCO2. The van der Waals surface area contributed by atoms with Gasteiger partial charge in [0.05, 0.1) is 38.8 Å². The first-order valence-corrected chi connectivity index (χ1v) is 9.96. The zero-order valence-electron chi connectivity index (χ0n) is 12.5. The van der Waals surface area contributed by atoms with E-state index in [4.69, 9.17) is 9.26 Å². The minimum Gasteiger partial charge on any atom is -0.491 e. The van der Waals surface area contributed by atoms with Gasteiger partial charge >= 0.3 is 0 Å². The third kappa shape index (κ3) is 2.52. The number of nitrogens with zero attached hydrogens (tertiary/aromatic N) is 1. The number of carbonyl (C=O) groups is 1. The summed E-state index contributed by atoms with van der Waals surface area (Å²) in [6.07, 6.45) is 5.46. The Labute approximate surface area is 140 Å². The van der Waals surface area contributed by atoms with E-state index in [9.17, 15) is 9.00 Å². The highest BCUT2D eigenvalue weighted by atomic mass is 32.2. The first kappa shape index (κ1) is 15.0. The number of carbonyl (C=O) groups excluding carboxylic acids is 1. The normalized spacial score (nSPS) is 20.0.